The second kappa shape index (κ2) is 37.5. The van der Waals surface area contributed by atoms with Crippen molar-refractivity contribution in [1.29, 1.82) is 0 Å². The Balaban J connectivity index is 4.03. The lowest BCUT2D eigenvalue weighted by Crippen LogP contribution is -2.45. The monoisotopic (exact) mass is 738 g/mol. The van der Waals surface area contributed by atoms with E-state index in [0.717, 1.165) is 38.5 Å². The molecule has 0 fully saturated rings. The standard InChI is InChI=1S/C45H87NO6/c1-6-8-10-12-14-16-18-20-22-24-26-28-30-32-34-36-38-50-42(47)40-41(46-44(49)52-45(3,4)5)43(48)51-39-37-35-33-31-29-27-25-23-21-19-17-15-13-11-9-7-2/h41H,6-40H2,1-5H3,(H,46,49). The topological polar surface area (TPSA) is 90.9 Å². The highest BCUT2D eigenvalue weighted by Gasteiger charge is 2.28. The number of amides is 1. The van der Waals surface area contributed by atoms with Gasteiger partial charge in [0.15, 0.2) is 0 Å². The molecular formula is C45H87NO6. The van der Waals surface area contributed by atoms with E-state index < -0.39 is 29.7 Å². The fourth-order valence-corrected chi connectivity index (χ4v) is 6.63. The summed E-state index contributed by atoms with van der Waals surface area (Å²) in [5.74, 6) is -1.13. The number of hydrogen-bond acceptors (Lipinski definition) is 6. The predicted octanol–water partition coefficient (Wildman–Crippen LogP) is 13.9. The molecule has 1 atom stereocenters. The van der Waals surface area contributed by atoms with Crippen molar-refractivity contribution in [2.45, 2.75) is 258 Å². The molecule has 0 radical (unpaired) electrons. The van der Waals surface area contributed by atoms with Crippen LogP contribution in [0.25, 0.3) is 0 Å². The first-order valence-electron chi connectivity index (χ1n) is 22.5. The number of carbonyl (C=O) groups excluding carboxylic acids is 3. The summed E-state index contributed by atoms with van der Waals surface area (Å²) in [6, 6.07) is -1.13. The fraction of sp³-hybridized carbons (Fsp3) is 0.933. The Morgan fingerprint density at radius 3 is 1.04 bits per heavy atom. The SMILES string of the molecule is CCCCCCCCCCCCCCCCCCOC(=O)CC(NC(=O)OC(C)(C)C)C(=O)OCCCCCCCCCCCCCCCCCC. The number of hydrogen-bond donors (Lipinski definition) is 1. The summed E-state index contributed by atoms with van der Waals surface area (Å²) in [7, 11) is 0. The van der Waals surface area contributed by atoms with Crippen molar-refractivity contribution in [3.63, 3.8) is 0 Å². The summed E-state index contributed by atoms with van der Waals surface area (Å²) in [5, 5.41) is 2.53. The zero-order valence-electron chi connectivity index (χ0n) is 35.3. The van der Waals surface area contributed by atoms with E-state index in [1.165, 1.54) is 167 Å². The predicted molar refractivity (Wildman–Crippen MR) is 219 cm³/mol. The molecule has 0 heterocycles. The van der Waals surface area contributed by atoms with Crippen molar-refractivity contribution in [3.05, 3.63) is 0 Å². The lowest BCUT2D eigenvalue weighted by Gasteiger charge is -2.22. The molecule has 1 unspecified atom stereocenters. The maximum Gasteiger partial charge on any atom is 0.408 e. The smallest absolute Gasteiger partial charge is 0.408 e. The summed E-state index contributed by atoms with van der Waals surface area (Å²) in [6.45, 7) is 10.4. The summed E-state index contributed by atoms with van der Waals surface area (Å²) >= 11 is 0. The Morgan fingerprint density at radius 2 is 0.731 bits per heavy atom. The Labute approximate surface area is 322 Å². The van der Waals surface area contributed by atoms with Crippen LogP contribution < -0.4 is 5.32 Å². The first kappa shape index (κ1) is 50.2. The molecule has 0 aromatic rings. The molecule has 0 aromatic carbocycles. The van der Waals surface area contributed by atoms with E-state index in [1.807, 2.05) is 0 Å². The molecular weight excluding hydrogens is 650 g/mol. The first-order chi connectivity index (χ1) is 25.2. The molecule has 52 heavy (non-hydrogen) atoms. The van der Waals surface area contributed by atoms with Gasteiger partial charge in [-0.05, 0) is 33.6 Å². The van der Waals surface area contributed by atoms with Gasteiger partial charge in [0.2, 0.25) is 0 Å². The number of esters is 2. The molecule has 7 nitrogen and oxygen atoms in total. The van der Waals surface area contributed by atoms with E-state index in [1.54, 1.807) is 20.8 Å². The van der Waals surface area contributed by atoms with Crippen molar-refractivity contribution in [3.8, 4) is 0 Å². The van der Waals surface area contributed by atoms with E-state index in [9.17, 15) is 14.4 Å². The zero-order valence-corrected chi connectivity index (χ0v) is 35.3. The quantitative estimate of drug-likeness (QED) is 0.0385. The van der Waals surface area contributed by atoms with E-state index in [0.29, 0.717) is 6.61 Å². The van der Waals surface area contributed by atoms with Gasteiger partial charge < -0.3 is 19.5 Å². The summed E-state index contributed by atoms with van der Waals surface area (Å²) in [4.78, 5) is 37.9. The van der Waals surface area contributed by atoms with Crippen LogP contribution in [0.1, 0.15) is 247 Å². The molecule has 0 aliphatic heterocycles. The van der Waals surface area contributed by atoms with Crippen LogP contribution in [0.2, 0.25) is 0 Å². The number of unbranched alkanes of at least 4 members (excludes halogenated alkanes) is 30. The molecule has 0 rings (SSSR count). The van der Waals surface area contributed by atoms with Crippen molar-refractivity contribution in [2.75, 3.05) is 13.2 Å². The molecule has 0 aliphatic carbocycles. The van der Waals surface area contributed by atoms with Gasteiger partial charge in [0.1, 0.15) is 11.6 Å². The minimum Gasteiger partial charge on any atom is -0.466 e. The number of rotatable bonds is 38. The molecule has 0 saturated heterocycles. The van der Waals surface area contributed by atoms with Crippen LogP contribution in [0, 0.1) is 0 Å². The van der Waals surface area contributed by atoms with Crippen molar-refractivity contribution >= 4 is 18.0 Å². The average molecular weight is 738 g/mol. The van der Waals surface area contributed by atoms with Crippen molar-refractivity contribution in [1.82, 2.24) is 5.32 Å². The molecule has 7 heteroatoms. The molecule has 308 valence electrons. The number of nitrogens with one attached hydrogen (secondary N) is 1. The minimum atomic E-state index is -1.13. The van der Waals surface area contributed by atoms with E-state index in [2.05, 4.69) is 19.2 Å². The molecule has 1 N–H and O–H groups in total. The minimum absolute atomic E-state index is 0.268. The van der Waals surface area contributed by atoms with Crippen molar-refractivity contribution in [2.24, 2.45) is 0 Å². The summed E-state index contributed by atoms with van der Waals surface area (Å²) < 4.78 is 16.2. The van der Waals surface area contributed by atoms with E-state index in [-0.39, 0.29) is 13.0 Å². The Morgan fingerprint density at radius 1 is 0.442 bits per heavy atom. The molecule has 0 spiro atoms. The molecule has 0 saturated carbocycles. The Kier molecular flexibility index (Phi) is 36.2. The van der Waals surface area contributed by atoms with E-state index in [4.69, 9.17) is 14.2 Å². The second-order valence-electron chi connectivity index (χ2n) is 16.4. The van der Waals surface area contributed by atoms with Crippen LogP contribution >= 0.6 is 0 Å². The third kappa shape index (κ3) is 38.0. The number of ether oxygens (including phenoxy) is 3. The van der Waals surface area contributed by atoms with Gasteiger partial charge in [-0.2, -0.15) is 0 Å². The number of alkyl carbamates (subject to hydrolysis) is 1. The Bertz CT molecular complexity index is 810. The van der Waals surface area contributed by atoms with Crippen LogP contribution in [0.4, 0.5) is 4.79 Å². The van der Waals surface area contributed by atoms with Gasteiger partial charge in [-0.15, -0.1) is 0 Å². The maximum absolute atomic E-state index is 12.9. The van der Waals surface area contributed by atoms with Gasteiger partial charge in [0.25, 0.3) is 0 Å². The Hall–Kier alpha value is -1.79. The van der Waals surface area contributed by atoms with Gasteiger partial charge in [-0.25, -0.2) is 9.59 Å². The van der Waals surface area contributed by atoms with Crippen molar-refractivity contribution < 1.29 is 28.6 Å². The zero-order chi connectivity index (χ0) is 38.4. The number of carbonyl (C=O) groups is 3. The van der Waals surface area contributed by atoms with Crippen LogP contribution in [0.5, 0.6) is 0 Å². The molecule has 0 aliphatic rings. The van der Waals surface area contributed by atoms with Crippen LogP contribution in [0.3, 0.4) is 0 Å². The summed E-state index contributed by atoms with van der Waals surface area (Å²) in [6.07, 6.45) is 40.0. The van der Waals surface area contributed by atoms with E-state index >= 15 is 0 Å². The second-order valence-corrected chi connectivity index (χ2v) is 16.4. The third-order valence-electron chi connectivity index (χ3n) is 9.85. The largest absolute Gasteiger partial charge is 0.466 e. The maximum atomic E-state index is 12.9. The van der Waals surface area contributed by atoms with Crippen LogP contribution in [-0.4, -0.2) is 42.9 Å². The van der Waals surface area contributed by atoms with Gasteiger partial charge in [-0.3, -0.25) is 4.79 Å². The third-order valence-corrected chi connectivity index (χ3v) is 9.85. The average Bonchev–Trinajstić information content (AvgIpc) is 3.09. The lowest BCUT2D eigenvalue weighted by atomic mass is 10.0. The normalized spacial score (nSPS) is 12.1. The molecule has 0 bridgehead atoms. The first-order valence-corrected chi connectivity index (χ1v) is 22.5. The van der Waals surface area contributed by atoms with Gasteiger partial charge in [0.05, 0.1) is 19.6 Å². The fourth-order valence-electron chi connectivity index (χ4n) is 6.63. The highest BCUT2D eigenvalue weighted by molar-refractivity contribution is 5.86. The highest BCUT2D eigenvalue weighted by Crippen LogP contribution is 2.16. The van der Waals surface area contributed by atoms with Gasteiger partial charge in [-0.1, -0.05) is 206 Å². The summed E-state index contributed by atoms with van der Waals surface area (Å²) in [5.41, 5.74) is -0.722. The lowest BCUT2D eigenvalue weighted by molar-refractivity contribution is -0.152. The molecule has 1 amide bonds. The van der Waals surface area contributed by atoms with Gasteiger partial charge in [0, 0.05) is 0 Å². The molecule has 0 aromatic heterocycles. The van der Waals surface area contributed by atoms with Crippen LogP contribution in [-0.2, 0) is 23.8 Å². The van der Waals surface area contributed by atoms with Crippen LogP contribution in [0.15, 0.2) is 0 Å². The highest BCUT2D eigenvalue weighted by atomic mass is 16.6. The van der Waals surface area contributed by atoms with Gasteiger partial charge >= 0.3 is 18.0 Å².